The third-order valence-electron chi connectivity index (χ3n) is 4.58. The second kappa shape index (κ2) is 6.41. The molecule has 0 saturated heterocycles. The lowest BCUT2D eigenvalue weighted by molar-refractivity contribution is 0.254. The maximum atomic E-state index is 9.72. The molecule has 2 heterocycles. The Morgan fingerprint density at radius 1 is 1.32 bits per heavy atom. The van der Waals surface area contributed by atoms with E-state index in [1.165, 1.54) is 5.56 Å². The maximum absolute atomic E-state index is 9.72. The number of hydrogen-bond acceptors (Lipinski definition) is 4. The van der Waals surface area contributed by atoms with Gasteiger partial charge >= 0.3 is 0 Å². The minimum absolute atomic E-state index is 0.100. The van der Waals surface area contributed by atoms with Gasteiger partial charge in [0.1, 0.15) is 30.0 Å². The molecule has 1 aliphatic heterocycles. The Kier molecular flexibility index (Phi) is 4.09. The van der Waals surface area contributed by atoms with Crippen molar-refractivity contribution < 1.29 is 14.6 Å². The summed E-state index contributed by atoms with van der Waals surface area (Å²) in [5, 5.41) is 9.72. The molecule has 0 aliphatic carbocycles. The molecule has 2 aromatic carbocycles. The molecule has 1 N–H and O–H groups in total. The first-order valence-corrected chi connectivity index (χ1v) is 8.69. The molecule has 0 fully saturated rings. The SMILES string of the molecule is CCOc1cc2c(cc1Cn1c(CO)nc3ccccc31)OC(C)C2. The average molecular weight is 338 g/mol. The highest BCUT2D eigenvalue weighted by Crippen LogP contribution is 2.36. The van der Waals surface area contributed by atoms with Crippen LogP contribution >= 0.6 is 0 Å². The van der Waals surface area contributed by atoms with Crippen LogP contribution in [0.25, 0.3) is 11.0 Å². The molecule has 0 bridgehead atoms. The van der Waals surface area contributed by atoms with E-state index >= 15 is 0 Å². The summed E-state index contributed by atoms with van der Waals surface area (Å²) in [6.07, 6.45) is 1.10. The normalized spacial score (nSPS) is 16.0. The molecule has 25 heavy (non-hydrogen) atoms. The van der Waals surface area contributed by atoms with E-state index in [2.05, 4.69) is 24.0 Å². The van der Waals surface area contributed by atoms with E-state index in [1.54, 1.807) is 0 Å². The zero-order valence-electron chi connectivity index (χ0n) is 14.5. The Balaban J connectivity index is 1.79. The Hall–Kier alpha value is -2.53. The van der Waals surface area contributed by atoms with Gasteiger partial charge in [0.25, 0.3) is 0 Å². The zero-order valence-corrected chi connectivity index (χ0v) is 14.5. The van der Waals surface area contributed by atoms with E-state index in [0.29, 0.717) is 19.0 Å². The van der Waals surface area contributed by atoms with Crippen LogP contribution < -0.4 is 9.47 Å². The number of hydrogen-bond donors (Lipinski definition) is 1. The van der Waals surface area contributed by atoms with Gasteiger partial charge in [-0.15, -0.1) is 0 Å². The van der Waals surface area contributed by atoms with E-state index in [4.69, 9.17) is 9.47 Å². The molecule has 130 valence electrons. The van der Waals surface area contributed by atoms with Crippen molar-refractivity contribution in [2.45, 2.75) is 39.5 Å². The van der Waals surface area contributed by atoms with Gasteiger partial charge in [-0.25, -0.2) is 4.98 Å². The average Bonchev–Trinajstić information content (AvgIpc) is 3.14. The first kappa shape index (κ1) is 16.0. The van der Waals surface area contributed by atoms with Crippen LogP contribution in [0.2, 0.25) is 0 Å². The highest BCUT2D eigenvalue weighted by atomic mass is 16.5. The molecule has 5 heteroatoms. The highest BCUT2D eigenvalue weighted by Gasteiger charge is 2.22. The fraction of sp³-hybridized carbons (Fsp3) is 0.350. The summed E-state index contributed by atoms with van der Waals surface area (Å²) >= 11 is 0. The van der Waals surface area contributed by atoms with Crippen molar-refractivity contribution in [2.75, 3.05) is 6.61 Å². The first-order chi connectivity index (χ1) is 12.2. The smallest absolute Gasteiger partial charge is 0.136 e. The van der Waals surface area contributed by atoms with E-state index in [1.807, 2.05) is 35.8 Å². The maximum Gasteiger partial charge on any atom is 0.136 e. The molecule has 1 aliphatic rings. The number of imidazole rings is 1. The lowest BCUT2D eigenvalue weighted by atomic mass is 10.1. The summed E-state index contributed by atoms with van der Waals surface area (Å²) in [6.45, 7) is 5.16. The number of aliphatic hydroxyl groups is 1. The fourth-order valence-electron chi connectivity index (χ4n) is 3.49. The van der Waals surface area contributed by atoms with Gasteiger partial charge in [-0.3, -0.25) is 0 Å². The van der Waals surface area contributed by atoms with Crippen molar-refractivity contribution in [3.8, 4) is 11.5 Å². The number of nitrogens with zero attached hydrogens (tertiary/aromatic N) is 2. The lowest BCUT2D eigenvalue weighted by Gasteiger charge is -2.15. The third-order valence-corrected chi connectivity index (χ3v) is 4.58. The van der Waals surface area contributed by atoms with Crippen molar-refractivity contribution in [1.82, 2.24) is 9.55 Å². The number of fused-ring (bicyclic) bond motifs is 2. The van der Waals surface area contributed by atoms with Gasteiger partial charge in [0.15, 0.2) is 0 Å². The summed E-state index contributed by atoms with van der Waals surface area (Å²) in [6, 6.07) is 12.1. The van der Waals surface area contributed by atoms with Crippen molar-refractivity contribution in [1.29, 1.82) is 0 Å². The lowest BCUT2D eigenvalue weighted by Crippen LogP contribution is -2.07. The van der Waals surface area contributed by atoms with E-state index in [-0.39, 0.29) is 12.7 Å². The summed E-state index contributed by atoms with van der Waals surface area (Å²) in [4.78, 5) is 4.53. The van der Waals surface area contributed by atoms with Crippen LogP contribution in [0.15, 0.2) is 36.4 Å². The molecule has 5 nitrogen and oxygen atoms in total. The molecule has 0 amide bonds. The van der Waals surface area contributed by atoms with Crippen molar-refractivity contribution in [2.24, 2.45) is 0 Å². The van der Waals surface area contributed by atoms with Crippen LogP contribution in [0.1, 0.15) is 30.8 Å². The number of rotatable bonds is 5. The quantitative estimate of drug-likeness (QED) is 0.775. The second-order valence-electron chi connectivity index (χ2n) is 6.39. The Morgan fingerprint density at radius 3 is 2.96 bits per heavy atom. The number of ether oxygens (including phenoxy) is 2. The molecule has 0 spiro atoms. The summed E-state index contributed by atoms with van der Waals surface area (Å²) in [5.41, 5.74) is 4.12. The zero-order chi connectivity index (χ0) is 17.4. The molecule has 0 saturated carbocycles. The predicted octanol–water partition coefficient (Wildman–Crippen LogP) is 3.30. The Labute approximate surface area is 146 Å². The number of aromatic nitrogens is 2. The van der Waals surface area contributed by atoms with Crippen molar-refractivity contribution in [3.05, 3.63) is 53.3 Å². The van der Waals surface area contributed by atoms with Gasteiger partial charge in [-0.1, -0.05) is 12.1 Å². The highest BCUT2D eigenvalue weighted by molar-refractivity contribution is 5.76. The van der Waals surface area contributed by atoms with Gasteiger partial charge in [-0.2, -0.15) is 0 Å². The summed E-state index contributed by atoms with van der Waals surface area (Å²) in [5.74, 6) is 2.46. The van der Waals surface area contributed by atoms with Crippen molar-refractivity contribution in [3.63, 3.8) is 0 Å². The Morgan fingerprint density at radius 2 is 2.16 bits per heavy atom. The van der Waals surface area contributed by atoms with Crippen LogP contribution in [-0.4, -0.2) is 27.4 Å². The molecule has 1 aromatic heterocycles. The molecule has 0 radical (unpaired) electrons. The minimum Gasteiger partial charge on any atom is -0.494 e. The van der Waals surface area contributed by atoms with Crippen LogP contribution in [0, 0.1) is 0 Å². The summed E-state index contributed by atoms with van der Waals surface area (Å²) in [7, 11) is 0. The first-order valence-electron chi connectivity index (χ1n) is 8.69. The predicted molar refractivity (Wildman–Crippen MR) is 96.2 cm³/mol. The van der Waals surface area contributed by atoms with E-state index in [9.17, 15) is 5.11 Å². The number of para-hydroxylation sites is 2. The molecular formula is C20H22N2O3. The number of benzene rings is 2. The van der Waals surface area contributed by atoms with Gasteiger partial charge < -0.3 is 19.1 Å². The fourth-order valence-corrected chi connectivity index (χ4v) is 3.49. The topological polar surface area (TPSA) is 56.5 Å². The largest absolute Gasteiger partial charge is 0.494 e. The van der Waals surface area contributed by atoms with E-state index < -0.39 is 0 Å². The van der Waals surface area contributed by atoms with Gasteiger partial charge in [0.05, 0.1) is 24.2 Å². The van der Waals surface area contributed by atoms with E-state index in [0.717, 1.165) is 34.5 Å². The minimum atomic E-state index is -0.100. The van der Waals surface area contributed by atoms with Gasteiger partial charge in [-0.05, 0) is 38.1 Å². The monoisotopic (exact) mass is 338 g/mol. The second-order valence-corrected chi connectivity index (χ2v) is 6.39. The standard InChI is InChI=1S/C20H22N2O3/c1-3-24-18-9-14-8-13(2)25-19(14)10-15(18)11-22-17-7-5-4-6-16(17)21-20(22)12-23/h4-7,9-10,13,23H,3,8,11-12H2,1-2H3. The van der Waals surface area contributed by atoms with Gasteiger partial charge in [0.2, 0.25) is 0 Å². The van der Waals surface area contributed by atoms with Crippen LogP contribution in [0.4, 0.5) is 0 Å². The number of aliphatic hydroxyl groups excluding tert-OH is 1. The van der Waals surface area contributed by atoms with Gasteiger partial charge in [0, 0.05) is 17.5 Å². The third kappa shape index (κ3) is 2.85. The van der Waals surface area contributed by atoms with Crippen LogP contribution in [0.3, 0.4) is 0 Å². The summed E-state index contributed by atoms with van der Waals surface area (Å²) < 4.78 is 13.8. The van der Waals surface area contributed by atoms with Crippen LogP contribution in [0.5, 0.6) is 11.5 Å². The van der Waals surface area contributed by atoms with Crippen LogP contribution in [-0.2, 0) is 19.6 Å². The molecular weight excluding hydrogens is 316 g/mol. The molecule has 1 unspecified atom stereocenters. The molecule has 4 rings (SSSR count). The Bertz CT molecular complexity index is 917. The molecule has 3 aromatic rings. The molecule has 1 atom stereocenters. The van der Waals surface area contributed by atoms with Crippen molar-refractivity contribution >= 4 is 11.0 Å².